The molecule has 4 rings (SSSR count). The van der Waals surface area contributed by atoms with Crippen molar-refractivity contribution in [3.05, 3.63) is 69.3 Å². The molecule has 1 aliphatic rings. The first-order chi connectivity index (χ1) is 19.0. The van der Waals surface area contributed by atoms with Crippen molar-refractivity contribution in [3.63, 3.8) is 0 Å². The van der Waals surface area contributed by atoms with Gasteiger partial charge < -0.3 is 24.4 Å². The van der Waals surface area contributed by atoms with Gasteiger partial charge >= 0.3 is 12.2 Å². The van der Waals surface area contributed by atoms with E-state index in [1.807, 2.05) is 6.07 Å². The number of hydrogen-bond donors (Lipinski definition) is 1. The lowest BCUT2D eigenvalue weighted by atomic mass is 9.96. The lowest BCUT2D eigenvalue weighted by molar-refractivity contribution is -0.126. The molecule has 1 aliphatic heterocycles. The summed E-state index contributed by atoms with van der Waals surface area (Å²) in [5.74, 6) is -0.716. The molecule has 0 bridgehead atoms. The molecule has 10 nitrogen and oxygen atoms in total. The number of methoxy groups -OCH3 is 1. The molecular formula is C29H32ClN3O7. The normalized spacial score (nSPS) is 14.1. The van der Waals surface area contributed by atoms with E-state index >= 15 is 0 Å². The van der Waals surface area contributed by atoms with Crippen LogP contribution in [0.2, 0.25) is 5.02 Å². The van der Waals surface area contributed by atoms with Gasteiger partial charge in [-0.2, -0.15) is 0 Å². The third kappa shape index (κ3) is 6.56. The average Bonchev–Trinajstić information content (AvgIpc) is 2.92. The molecule has 2 aromatic carbocycles. The predicted octanol–water partition coefficient (Wildman–Crippen LogP) is 5.05. The summed E-state index contributed by atoms with van der Waals surface area (Å²) in [7, 11) is 1.16. The number of carbonyl (C=O) groups is 3. The first-order valence-electron chi connectivity index (χ1n) is 12.9. The van der Waals surface area contributed by atoms with Gasteiger partial charge in [0.05, 0.1) is 24.7 Å². The predicted molar refractivity (Wildman–Crippen MR) is 150 cm³/mol. The van der Waals surface area contributed by atoms with Crippen molar-refractivity contribution in [1.29, 1.82) is 0 Å². The minimum Gasteiger partial charge on any atom is -0.444 e. The van der Waals surface area contributed by atoms with E-state index in [0.717, 1.165) is 7.11 Å². The Hall–Kier alpha value is -4.05. The number of ether oxygens (including phenoxy) is 3. The number of amides is 2. The molecule has 0 radical (unpaired) electrons. The van der Waals surface area contributed by atoms with Gasteiger partial charge in [0, 0.05) is 35.1 Å². The Morgan fingerprint density at radius 2 is 1.73 bits per heavy atom. The Bertz CT molecular complexity index is 1470. The van der Waals surface area contributed by atoms with Gasteiger partial charge in [0.25, 0.3) is 0 Å². The zero-order chi connectivity index (χ0) is 29.0. The summed E-state index contributed by atoms with van der Waals surface area (Å²) in [5.41, 5.74) is 0.0806. The van der Waals surface area contributed by atoms with E-state index < -0.39 is 23.3 Å². The first kappa shape index (κ1) is 28.9. The summed E-state index contributed by atoms with van der Waals surface area (Å²) in [5, 5.41) is 3.56. The highest BCUT2D eigenvalue weighted by molar-refractivity contribution is 6.31. The Balaban J connectivity index is 1.63. The number of nitrogens with one attached hydrogen (secondary N) is 1. The zero-order valence-corrected chi connectivity index (χ0v) is 23.6. The van der Waals surface area contributed by atoms with Crippen LogP contribution >= 0.6 is 11.6 Å². The molecule has 0 saturated carbocycles. The maximum atomic E-state index is 13.6. The van der Waals surface area contributed by atoms with Crippen molar-refractivity contribution in [2.75, 3.05) is 20.2 Å². The molecule has 0 aliphatic carbocycles. The van der Waals surface area contributed by atoms with E-state index in [2.05, 4.69) is 5.32 Å². The smallest absolute Gasteiger partial charge is 0.444 e. The molecule has 1 saturated heterocycles. The van der Waals surface area contributed by atoms with E-state index in [4.69, 9.17) is 25.8 Å². The lowest BCUT2D eigenvalue weighted by Crippen LogP contribution is -2.45. The number of aromatic nitrogens is 1. The summed E-state index contributed by atoms with van der Waals surface area (Å²) >= 11 is 6.27. The summed E-state index contributed by atoms with van der Waals surface area (Å²) < 4.78 is 17.3. The molecule has 0 unspecified atom stereocenters. The van der Waals surface area contributed by atoms with Gasteiger partial charge in [-0.25, -0.2) is 9.59 Å². The van der Waals surface area contributed by atoms with Crippen molar-refractivity contribution in [1.82, 2.24) is 14.8 Å². The molecule has 0 spiro atoms. The van der Waals surface area contributed by atoms with Crippen LogP contribution in [0, 0.1) is 5.92 Å². The highest BCUT2D eigenvalue weighted by Crippen LogP contribution is 2.30. The number of benzene rings is 2. The minimum atomic E-state index is -1.02. The van der Waals surface area contributed by atoms with Gasteiger partial charge in [-0.1, -0.05) is 29.8 Å². The maximum absolute atomic E-state index is 13.6. The van der Waals surface area contributed by atoms with Crippen LogP contribution < -0.4 is 15.5 Å². The zero-order valence-electron chi connectivity index (χ0n) is 22.9. The van der Waals surface area contributed by atoms with E-state index in [1.54, 1.807) is 72.7 Å². The maximum Gasteiger partial charge on any atom is 0.514 e. The molecule has 1 aromatic heterocycles. The van der Waals surface area contributed by atoms with E-state index in [0.29, 0.717) is 47.5 Å². The topological polar surface area (TPSA) is 116 Å². The van der Waals surface area contributed by atoms with Gasteiger partial charge in [-0.15, -0.1) is 0 Å². The molecule has 1 fully saturated rings. The van der Waals surface area contributed by atoms with Gasteiger partial charge in [-0.3, -0.25) is 14.2 Å². The van der Waals surface area contributed by atoms with E-state index in [-0.39, 0.29) is 29.8 Å². The monoisotopic (exact) mass is 569 g/mol. The summed E-state index contributed by atoms with van der Waals surface area (Å²) in [6.07, 6.45) is -0.538. The molecule has 3 aromatic rings. The number of fused-ring (bicyclic) bond motifs is 1. The van der Waals surface area contributed by atoms with Crippen LogP contribution in [0.15, 0.2) is 53.3 Å². The second kappa shape index (κ2) is 12.0. The Morgan fingerprint density at radius 1 is 1.05 bits per heavy atom. The van der Waals surface area contributed by atoms with E-state index in [1.165, 1.54) is 0 Å². The highest BCUT2D eigenvalue weighted by Gasteiger charge is 2.30. The molecule has 0 atom stereocenters. The van der Waals surface area contributed by atoms with E-state index in [9.17, 15) is 19.2 Å². The van der Waals surface area contributed by atoms with Crippen LogP contribution in [0.5, 0.6) is 5.88 Å². The fraction of sp³-hybridized carbons (Fsp3) is 0.379. The molecule has 11 heteroatoms. The fourth-order valence-corrected chi connectivity index (χ4v) is 4.74. The van der Waals surface area contributed by atoms with Crippen molar-refractivity contribution in [2.24, 2.45) is 5.92 Å². The van der Waals surface area contributed by atoms with Crippen molar-refractivity contribution >= 4 is 40.7 Å². The van der Waals surface area contributed by atoms with Crippen LogP contribution in [0.3, 0.4) is 0 Å². The van der Waals surface area contributed by atoms with Crippen LogP contribution in [0.1, 0.15) is 39.2 Å². The molecule has 1 N–H and O–H groups in total. The van der Waals surface area contributed by atoms with Crippen LogP contribution in [0.25, 0.3) is 16.6 Å². The molecule has 40 heavy (non-hydrogen) atoms. The lowest BCUT2D eigenvalue weighted by Gasteiger charge is -2.33. The van der Waals surface area contributed by atoms with Gasteiger partial charge in [-0.05, 0) is 63.9 Å². The standard InChI is InChI=1S/C29H32ClN3O7/c1-29(2,3)40-27(36)32-14-12-18(13-15-32)25(35)31-17-22-24(34)21-11-10-19(30)16-23(21)33(20-8-6-5-7-9-20)26(22)39-28(37)38-4/h5-11,16,18H,12-15,17H2,1-4H3,(H,31,35). The number of halogens is 1. The average molecular weight is 570 g/mol. The largest absolute Gasteiger partial charge is 0.514 e. The summed E-state index contributed by atoms with van der Waals surface area (Å²) in [4.78, 5) is 53.0. The van der Waals surface area contributed by atoms with Gasteiger partial charge in [0.2, 0.25) is 11.8 Å². The summed E-state index contributed by atoms with van der Waals surface area (Å²) in [6, 6.07) is 13.8. The number of pyridine rings is 1. The van der Waals surface area contributed by atoms with Crippen molar-refractivity contribution < 1.29 is 28.6 Å². The number of para-hydroxylation sites is 1. The van der Waals surface area contributed by atoms with Gasteiger partial charge in [0.15, 0.2) is 5.43 Å². The Kier molecular flexibility index (Phi) is 8.68. The molecule has 212 valence electrons. The number of rotatable bonds is 5. The highest BCUT2D eigenvalue weighted by atomic mass is 35.5. The number of piperidine rings is 1. The van der Waals surface area contributed by atoms with Crippen molar-refractivity contribution in [2.45, 2.75) is 45.8 Å². The SMILES string of the molecule is COC(=O)Oc1c(CNC(=O)C2CCN(C(=O)OC(C)(C)C)CC2)c(=O)c2ccc(Cl)cc2n1-c1ccccc1. The van der Waals surface area contributed by atoms with Crippen LogP contribution in [0.4, 0.5) is 9.59 Å². The molecule has 2 amide bonds. The van der Waals surface area contributed by atoms with Crippen LogP contribution in [-0.2, 0) is 20.8 Å². The fourth-order valence-electron chi connectivity index (χ4n) is 4.57. The molecular weight excluding hydrogens is 538 g/mol. The second-order valence-electron chi connectivity index (χ2n) is 10.5. The quantitative estimate of drug-likeness (QED) is 0.427. The Labute approximate surface area is 236 Å². The number of nitrogens with zero attached hydrogens (tertiary/aromatic N) is 2. The number of likely N-dealkylation sites (tertiary alicyclic amines) is 1. The third-order valence-electron chi connectivity index (χ3n) is 6.50. The van der Waals surface area contributed by atoms with Crippen molar-refractivity contribution in [3.8, 4) is 11.6 Å². The third-order valence-corrected chi connectivity index (χ3v) is 6.73. The Morgan fingerprint density at radius 3 is 2.35 bits per heavy atom. The summed E-state index contributed by atoms with van der Waals surface area (Å²) in [6.45, 7) is 5.97. The molecule has 2 heterocycles. The number of hydrogen-bond acceptors (Lipinski definition) is 7. The van der Waals surface area contributed by atoms with Gasteiger partial charge in [0.1, 0.15) is 5.60 Å². The number of carbonyl (C=O) groups excluding carboxylic acids is 3. The van der Waals surface area contributed by atoms with Crippen LogP contribution in [-0.4, -0.2) is 53.4 Å². The first-order valence-corrected chi connectivity index (χ1v) is 13.3. The second-order valence-corrected chi connectivity index (χ2v) is 10.9. The minimum absolute atomic E-state index is 0.0728.